The largest absolute Gasteiger partial charge is 0.472 e. The minimum atomic E-state index is -0.146. The van der Waals surface area contributed by atoms with Crippen molar-refractivity contribution in [2.45, 2.75) is 12.6 Å². The first-order valence-electron chi connectivity index (χ1n) is 9.63. The third-order valence-corrected chi connectivity index (χ3v) is 6.13. The Hall–Kier alpha value is -2.44. The van der Waals surface area contributed by atoms with Crippen LogP contribution >= 0.6 is 11.8 Å². The lowest BCUT2D eigenvalue weighted by Gasteiger charge is -2.33. The van der Waals surface area contributed by atoms with Crippen LogP contribution in [0.2, 0.25) is 0 Å². The summed E-state index contributed by atoms with van der Waals surface area (Å²) in [5.74, 6) is 2.25. The molecular weight excluding hydrogens is 370 g/mol. The highest BCUT2D eigenvalue weighted by molar-refractivity contribution is 7.99. The van der Waals surface area contributed by atoms with E-state index in [9.17, 15) is 4.79 Å². The number of hydrogen-bond acceptors (Lipinski definition) is 4. The Morgan fingerprint density at radius 2 is 1.89 bits per heavy atom. The minimum Gasteiger partial charge on any atom is -0.472 e. The van der Waals surface area contributed by atoms with Crippen molar-refractivity contribution in [2.75, 3.05) is 31.1 Å². The fraction of sp³-hybridized carbons (Fsp3) is 0.318. The number of fused-ring (bicyclic) bond motifs is 1. The topological polar surface area (TPSA) is 57.5 Å². The van der Waals surface area contributed by atoms with Gasteiger partial charge in [0, 0.05) is 43.2 Å². The van der Waals surface area contributed by atoms with Crippen LogP contribution in [0.3, 0.4) is 0 Å². The molecule has 2 N–H and O–H groups in total. The standard InChI is InChI=1S/C22H25N3O2S/c26-22(23-14-18-6-3-5-17-4-1-2-7-20(17)18)24-15-21(19-8-11-27-16-19)25-9-12-28-13-10-25/h1-8,11,16,21H,9-10,12-15H2,(H2,23,24,26). The van der Waals surface area contributed by atoms with Gasteiger partial charge in [-0.15, -0.1) is 0 Å². The molecule has 146 valence electrons. The molecule has 3 aromatic rings. The zero-order chi connectivity index (χ0) is 19.2. The number of carbonyl (C=O) groups is 1. The van der Waals surface area contributed by atoms with E-state index in [2.05, 4.69) is 39.8 Å². The van der Waals surface area contributed by atoms with Crippen molar-refractivity contribution >= 4 is 28.6 Å². The van der Waals surface area contributed by atoms with Gasteiger partial charge < -0.3 is 15.1 Å². The average Bonchev–Trinajstić information content (AvgIpc) is 3.28. The number of thioether (sulfide) groups is 1. The van der Waals surface area contributed by atoms with Gasteiger partial charge in [-0.1, -0.05) is 42.5 Å². The maximum Gasteiger partial charge on any atom is 0.315 e. The third kappa shape index (κ3) is 4.51. The summed E-state index contributed by atoms with van der Waals surface area (Å²) >= 11 is 1.98. The van der Waals surface area contributed by atoms with E-state index in [1.54, 1.807) is 12.5 Å². The van der Waals surface area contributed by atoms with Crippen molar-refractivity contribution in [1.29, 1.82) is 0 Å². The van der Waals surface area contributed by atoms with Crippen LogP contribution in [0.15, 0.2) is 65.5 Å². The number of hydrogen-bond donors (Lipinski definition) is 2. The lowest BCUT2D eigenvalue weighted by Crippen LogP contribution is -2.44. The fourth-order valence-corrected chi connectivity index (χ4v) is 4.62. The molecule has 1 aliphatic heterocycles. The molecule has 0 bridgehead atoms. The first kappa shape index (κ1) is 18.9. The second-order valence-corrected chi connectivity index (χ2v) is 8.15. The Morgan fingerprint density at radius 3 is 2.71 bits per heavy atom. The van der Waals surface area contributed by atoms with Crippen molar-refractivity contribution in [3.05, 3.63) is 72.2 Å². The molecular formula is C22H25N3O2S. The molecule has 0 saturated carbocycles. The summed E-state index contributed by atoms with van der Waals surface area (Å²) in [5.41, 5.74) is 2.23. The van der Waals surface area contributed by atoms with Crippen LogP contribution in [-0.2, 0) is 6.54 Å². The Balaban J connectivity index is 1.36. The van der Waals surface area contributed by atoms with Gasteiger partial charge in [-0.05, 0) is 22.4 Å². The minimum absolute atomic E-state index is 0.142. The molecule has 2 heterocycles. The smallest absolute Gasteiger partial charge is 0.315 e. The van der Waals surface area contributed by atoms with Gasteiger partial charge >= 0.3 is 6.03 Å². The van der Waals surface area contributed by atoms with Crippen molar-refractivity contribution in [2.24, 2.45) is 0 Å². The highest BCUT2D eigenvalue weighted by Crippen LogP contribution is 2.24. The lowest BCUT2D eigenvalue weighted by molar-refractivity contribution is 0.205. The van der Waals surface area contributed by atoms with Crippen molar-refractivity contribution in [3.63, 3.8) is 0 Å². The lowest BCUT2D eigenvalue weighted by atomic mass is 10.0. The summed E-state index contributed by atoms with van der Waals surface area (Å²) in [6.07, 6.45) is 3.48. The summed E-state index contributed by atoms with van der Waals surface area (Å²) < 4.78 is 5.28. The van der Waals surface area contributed by atoms with Crippen LogP contribution in [0.1, 0.15) is 17.2 Å². The van der Waals surface area contributed by atoms with Gasteiger partial charge in [-0.3, -0.25) is 4.90 Å². The normalized spacial score (nSPS) is 16.0. The summed E-state index contributed by atoms with van der Waals surface area (Å²) in [4.78, 5) is 14.9. The van der Waals surface area contributed by atoms with Crippen molar-refractivity contribution in [3.8, 4) is 0 Å². The van der Waals surface area contributed by atoms with E-state index in [1.807, 2.05) is 36.0 Å². The molecule has 1 aromatic heterocycles. The number of rotatable bonds is 6. The van der Waals surface area contributed by atoms with Crippen LogP contribution in [0, 0.1) is 0 Å². The van der Waals surface area contributed by atoms with Crippen LogP contribution in [-0.4, -0.2) is 42.1 Å². The SMILES string of the molecule is O=C(NCc1cccc2ccccc12)NCC(c1ccoc1)N1CCSCC1. The maximum atomic E-state index is 12.4. The number of amides is 2. The molecule has 28 heavy (non-hydrogen) atoms. The molecule has 1 atom stereocenters. The molecule has 0 aliphatic carbocycles. The quantitative estimate of drug-likeness (QED) is 0.662. The molecule has 0 spiro atoms. The van der Waals surface area contributed by atoms with Gasteiger partial charge in [0.05, 0.1) is 18.6 Å². The molecule has 4 rings (SSSR count). The third-order valence-electron chi connectivity index (χ3n) is 5.19. The zero-order valence-corrected chi connectivity index (χ0v) is 16.6. The van der Waals surface area contributed by atoms with E-state index in [4.69, 9.17) is 4.42 Å². The first-order chi connectivity index (χ1) is 13.8. The van der Waals surface area contributed by atoms with E-state index >= 15 is 0 Å². The van der Waals surface area contributed by atoms with Gasteiger partial charge in [-0.2, -0.15) is 11.8 Å². The number of urea groups is 1. The Labute approximate surface area is 169 Å². The molecule has 1 unspecified atom stereocenters. The molecule has 2 amide bonds. The highest BCUT2D eigenvalue weighted by Gasteiger charge is 2.23. The van der Waals surface area contributed by atoms with E-state index in [-0.39, 0.29) is 12.1 Å². The molecule has 2 aromatic carbocycles. The molecule has 1 fully saturated rings. The van der Waals surface area contributed by atoms with Crippen LogP contribution in [0.25, 0.3) is 10.8 Å². The number of furan rings is 1. The van der Waals surface area contributed by atoms with Gasteiger partial charge in [0.15, 0.2) is 0 Å². The molecule has 5 nitrogen and oxygen atoms in total. The highest BCUT2D eigenvalue weighted by atomic mass is 32.2. The number of nitrogens with one attached hydrogen (secondary N) is 2. The van der Waals surface area contributed by atoms with Crippen molar-refractivity contribution in [1.82, 2.24) is 15.5 Å². The van der Waals surface area contributed by atoms with E-state index in [0.29, 0.717) is 13.1 Å². The van der Waals surface area contributed by atoms with Crippen LogP contribution < -0.4 is 10.6 Å². The number of nitrogens with zero attached hydrogens (tertiary/aromatic N) is 1. The summed E-state index contributed by atoms with van der Waals surface area (Å²) in [5, 5.41) is 8.40. The monoisotopic (exact) mass is 395 g/mol. The number of benzene rings is 2. The Kier molecular flexibility index (Phi) is 6.19. The zero-order valence-electron chi connectivity index (χ0n) is 15.8. The molecule has 6 heteroatoms. The Bertz CT molecular complexity index is 902. The average molecular weight is 396 g/mol. The van der Waals surface area contributed by atoms with Crippen LogP contribution in [0.5, 0.6) is 0 Å². The Morgan fingerprint density at radius 1 is 1.07 bits per heavy atom. The second-order valence-electron chi connectivity index (χ2n) is 6.92. The summed E-state index contributed by atoms with van der Waals surface area (Å²) in [6.45, 7) is 3.12. The van der Waals surface area contributed by atoms with Crippen molar-refractivity contribution < 1.29 is 9.21 Å². The van der Waals surface area contributed by atoms with Gasteiger partial charge in [-0.25, -0.2) is 4.79 Å². The van der Waals surface area contributed by atoms with Gasteiger partial charge in [0.2, 0.25) is 0 Å². The maximum absolute atomic E-state index is 12.4. The summed E-state index contributed by atoms with van der Waals surface area (Å²) in [7, 11) is 0. The summed E-state index contributed by atoms with van der Waals surface area (Å²) in [6, 6.07) is 16.4. The van der Waals surface area contributed by atoms with Gasteiger partial charge in [0.1, 0.15) is 0 Å². The molecule has 1 saturated heterocycles. The molecule has 0 radical (unpaired) electrons. The van der Waals surface area contributed by atoms with E-state index < -0.39 is 0 Å². The second kappa shape index (κ2) is 9.17. The predicted molar refractivity (Wildman–Crippen MR) is 115 cm³/mol. The van der Waals surface area contributed by atoms with Crippen LogP contribution in [0.4, 0.5) is 4.79 Å². The predicted octanol–water partition coefficient (Wildman–Crippen LogP) is 4.02. The molecule has 1 aliphatic rings. The first-order valence-corrected chi connectivity index (χ1v) is 10.8. The fourth-order valence-electron chi connectivity index (χ4n) is 3.69. The van der Waals surface area contributed by atoms with E-state index in [1.165, 1.54) is 10.8 Å². The van der Waals surface area contributed by atoms with E-state index in [0.717, 1.165) is 35.7 Å². The number of carbonyl (C=O) groups excluding carboxylic acids is 1. The van der Waals surface area contributed by atoms with Gasteiger partial charge in [0.25, 0.3) is 0 Å².